The second-order valence-corrected chi connectivity index (χ2v) is 2.74. The minimum Gasteiger partial charge on any atom is -0.338 e. The molecule has 0 aromatic carbocycles. The van der Waals surface area contributed by atoms with Crippen LogP contribution in [0, 0.1) is 6.92 Å². The maximum absolute atomic E-state index is 5.35. The quantitative estimate of drug-likeness (QED) is 0.733. The molecular formula is C8H9N5O. The van der Waals surface area contributed by atoms with Gasteiger partial charge < -0.3 is 10.3 Å². The molecule has 0 amide bonds. The smallest absolute Gasteiger partial charge is 0.240 e. The maximum Gasteiger partial charge on any atom is 0.240 e. The molecule has 0 fully saturated rings. The third-order valence-electron chi connectivity index (χ3n) is 1.80. The van der Waals surface area contributed by atoms with Crippen LogP contribution in [0.25, 0.3) is 11.4 Å². The van der Waals surface area contributed by atoms with E-state index in [1.807, 2.05) is 6.92 Å². The predicted molar refractivity (Wildman–Crippen MR) is 48.0 cm³/mol. The highest BCUT2D eigenvalue weighted by atomic mass is 16.5. The fourth-order valence-corrected chi connectivity index (χ4v) is 1.06. The van der Waals surface area contributed by atoms with Crippen LogP contribution in [0.15, 0.2) is 17.0 Å². The van der Waals surface area contributed by atoms with Gasteiger partial charge >= 0.3 is 0 Å². The first-order valence-corrected chi connectivity index (χ1v) is 4.11. The van der Waals surface area contributed by atoms with Crippen LogP contribution in [-0.4, -0.2) is 20.1 Å². The fraction of sp³-hybridized carbons (Fsp3) is 0.250. The highest BCUT2D eigenvalue weighted by Crippen LogP contribution is 2.16. The van der Waals surface area contributed by atoms with E-state index >= 15 is 0 Å². The van der Waals surface area contributed by atoms with E-state index in [4.69, 9.17) is 10.3 Å². The van der Waals surface area contributed by atoms with Crippen molar-refractivity contribution in [2.24, 2.45) is 5.73 Å². The van der Waals surface area contributed by atoms with Crippen LogP contribution in [0.3, 0.4) is 0 Å². The SMILES string of the molecule is Cc1ncncc1-c1noc(CN)n1. The van der Waals surface area contributed by atoms with Crippen molar-refractivity contribution in [1.29, 1.82) is 0 Å². The molecule has 0 saturated heterocycles. The van der Waals surface area contributed by atoms with Gasteiger partial charge in [0.05, 0.1) is 17.8 Å². The van der Waals surface area contributed by atoms with E-state index in [2.05, 4.69) is 20.1 Å². The van der Waals surface area contributed by atoms with Crippen molar-refractivity contribution in [2.75, 3.05) is 0 Å². The van der Waals surface area contributed by atoms with Gasteiger partial charge in [-0.3, -0.25) is 0 Å². The van der Waals surface area contributed by atoms with Gasteiger partial charge in [-0.25, -0.2) is 9.97 Å². The number of aryl methyl sites for hydroxylation is 1. The second-order valence-electron chi connectivity index (χ2n) is 2.74. The van der Waals surface area contributed by atoms with Gasteiger partial charge in [0.2, 0.25) is 11.7 Å². The topological polar surface area (TPSA) is 90.7 Å². The molecule has 0 unspecified atom stereocenters. The summed E-state index contributed by atoms with van der Waals surface area (Å²) >= 11 is 0. The molecule has 0 saturated carbocycles. The highest BCUT2D eigenvalue weighted by molar-refractivity contribution is 5.55. The molecule has 0 aliphatic carbocycles. The standard InChI is InChI=1S/C8H9N5O/c1-5-6(3-10-4-11-5)8-12-7(2-9)14-13-8/h3-4H,2,9H2,1H3. The minimum atomic E-state index is 0.236. The molecule has 2 aromatic rings. The summed E-state index contributed by atoms with van der Waals surface area (Å²) in [6, 6.07) is 0. The molecule has 2 heterocycles. The molecule has 0 radical (unpaired) electrons. The Morgan fingerprint density at radius 2 is 2.36 bits per heavy atom. The Bertz CT molecular complexity index is 439. The molecule has 2 aromatic heterocycles. The molecular weight excluding hydrogens is 182 g/mol. The van der Waals surface area contributed by atoms with E-state index in [0.717, 1.165) is 11.3 Å². The van der Waals surface area contributed by atoms with Gasteiger partial charge in [0.15, 0.2) is 0 Å². The van der Waals surface area contributed by atoms with E-state index in [-0.39, 0.29) is 6.54 Å². The summed E-state index contributed by atoms with van der Waals surface area (Å²) in [5.41, 5.74) is 6.92. The van der Waals surface area contributed by atoms with Crippen molar-refractivity contribution in [1.82, 2.24) is 20.1 Å². The first-order valence-electron chi connectivity index (χ1n) is 4.11. The molecule has 0 spiro atoms. The molecule has 0 aliphatic rings. The average Bonchev–Trinajstić information content (AvgIpc) is 2.67. The first-order chi connectivity index (χ1) is 6.81. The number of aromatic nitrogens is 4. The van der Waals surface area contributed by atoms with Crippen molar-refractivity contribution in [3.8, 4) is 11.4 Å². The summed E-state index contributed by atoms with van der Waals surface area (Å²) in [4.78, 5) is 12.0. The Balaban J connectivity index is 2.44. The molecule has 2 rings (SSSR count). The Morgan fingerprint density at radius 3 is 3.00 bits per heavy atom. The zero-order valence-electron chi connectivity index (χ0n) is 7.64. The third-order valence-corrected chi connectivity index (χ3v) is 1.80. The average molecular weight is 191 g/mol. The molecule has 0 bridgehead atoms. The van der Waals surface area contributed by atoms with Crippen LogP contribution in [0.1, 0.15) is 11.6 Å². The zero-order chi connectivity index (χ0) is 9.97. The molecule has 2 N–H and O–H groups in total. The molecule has 72 valence electrons. The Morgan fingerprint density at radius 1 is 1.50 bits per heavy atom. The minimum absolute atomic E-state index is 0.236. The van der Waals surface area contributed by atoms with Gasteiger partial charge in [0.1, 0.15) is 6.33 Å². The molecule has 6 nitrogen and oxygen atoms in total. The summed E-state index contributed by atoms with van der Waals surface area (Å²) in [6.45, 7) is 2.09. The van der Waals surface area contributed by atoms with Gasteiger partial charge in [0, 0.05) is 6.20 Å². The normalized spacial score (nSPS) is 10.4. The summed E-state index contributed by atoms with van der Waals surface area (Å²) in [5.74, 6) is 0.881. The van der Waals surface area contributed by atoms with Gasteiger partial charge in [-0.15, -0.1) is 0 Å². The number of nitrogens with zero attached hydrogens (tertiary/aromatic N) is 4. The Hall–Kier alpha value is -1.82. The van der Waals surface area contributed by atoms with Crippen LogP contribution in [0.5, 0.6) is 0 Å². The monoisotopic (exact) mass is 191 g/mol. The Labute approximate surface area is 80.2 Å². The second kappa shape index (κ2) is 3.51. The van der Waals surface area contributed by atoms with Gasteiger partial charge in [-0.1, -0.05) is 5.16 Å². The molecule has 6 heteroatoms. The summed E-state index contributed by atoms with van der Waals surface area (Å²) in [6.07, 6.45) is 3.12. The van der Waals surface area contributed by atoms with Gasteiger partial charge in [-0.2, -0.15) is 4.98 Å². The lowest BCUT2D eigenvalue weighted by atomic mass is 10.2. The number of nitrogens with two attached hydrogens (primary N) is 1. The highest BCUT2D eigenvalue weighted by Gasteiger charge is 2.10. The third kappa shape index (κ3) is 1.47. The van der Waals surface area contributed by atoms with Gasteiger partial charge in [-0.05, 0) is 6.92 Å². The summed E-state index contributed by atoms with van der Waals surface area (Å²) in [5, 5.41) is 3.77. The fourth-order valence-electron chi connectivity index (χ4n) is 1.06. The zero-order valence-corrected chi connectivity index (χ0v) is 7.64. The van der Waals surface area contributed by atoms with E-state index in [0.29, 0.717) is 11.7 Å². The van der Waals surface area contributed by atoms with Crippen LogP contribution in [0.4, 0.5) is 0 Å². The molecule has 0 atom stereocenters. The lowest BCUT2D eigenvalue weighted by Gasteiger charge is -1.95. The maximum atomic E-state index is 5.35. The number of hydrogen-bond donors (Lipinski definition) is 1. The van der Waals surface area contributed by atoms with Crippen molar-refractivity contribution < 1.29 is 4.52 Å². The summed E-state index contributed by atoms with van der Waals surface area (Å²) < 4.78 is 4.88. The van der Waals surface area contributed by atoms with E-state index < -0.39 is 0 Å². The molecule has 14 heavy (non-hydrogen) atoms. The van der Waals surface area contributed by atoms with Crippen LogP contribution >= 0.6 is 0 Å². The largest absolute Gasteiger partial charge is 0.338 e. The molecule has 0 aliphatic heterocycles. The Kier molecular flexibility index (Phi) is 2.19. The lowest BCUT2D eigenvalue weighted by molar-refractivity contribution is 0.380. The number of rotatable bonds is 2. The van der Waals surface area contributed by atoms with E-state index in [1.165, 1.54) is 6.33 Å². The van der Waals surface area contributed by atoms with Gasteiger partial charge in [0.25, 0.3) is 0 Å². The van der Waals surface area contributed by atoms with Crippen LogP contribution < -0.4 is 5.73 Å². The number of hydrogen-bond acceptors (Lipinski definition) is 6. The van der Waals surface area contributed by atoms with Crippen LogP contribution in [-0.2, 0) is 6.54 Å². The first kappa shape index (κ1) is 8.76. The lowest BCUT2D eigenvalue weighted by Crippen LogP contribution is -1.96. The predicted octanol–water partition coefficient (Wildman–Crippen LogP) is 0.294. The van der Waals surface area contributed by atoms with Crippen molar-refractivity contribution in [3.05, 3.63) is 24.1 Å². The van der Waals surface area contributed by atoms with E-state index in [1.54, 1.807) is 6.20 Å². The van der Waals surface area contributed by atoms with E-state index in [9.17, 15) is 0 Å². The van der Waals surface area contributed by atoms with Crippen molar-refractivity contribution >= 4 is 0 Å². The van der Waals surface area contributed by atoms with Crippen molar-refractivity contribution in [3.63, 3.8) is 0 Å². The summed E-state index contributed by atoms with van der Waals surface area (Å²) in [7, 11) is 0. The van der Waals surface area contributed by atoms with Crippen molar-refractivity contribution in [2.45, 2.75) is 13.5 Å². The van der Waals surface area contributed by atoms with Crippen LogP contribution in [0.2, 0.25) is 0 Å².